The summed E-state index contributed by atoms with van der Waals surface area (Å²) in [6.45, 7) is 7.41. The Bertz CT molecular complexity index is 274. The summed E-state index contributed by atoms with van der Waals surface area (Å²) in [5.41, 5.74) is 0.346. The van der Waals surface area contributed by atoms with Crippen LogP contribution in [0.5, 0.6) is 0 Å². The van der Waals surface area contributed by atoms with Crippen LogP contribution in [0.15, 0.2) is 0 Å². The van der Waals surface area contributed by atoms with Crippen LogP contribution in [-0.4, -0.2) is 19.0 Å². The molecule has 0 heterocycles. The lowest BCUT2D eigenvalue weighted by Crippen LogP contribution is -2.42. The van der Waals surface area contributed by atoms with E-state index in [4.69, 9.17) is 4.74 Å². The lowest BCUT2D eigenvalue weighted by Gasteiger charge is -2.45. The molecule has 0 saturated heterocycles. The quantitative estimate of drug-likeness (QED) is 0.701. The van der Waals surface area contributed by atoms with E-state index in [1.165, 1.54) is 32.1 Å². The van der Waals surface area contributed by atoms with E-state index in [0.29, 0.717) is 23.4 Å². The fourth-order valence-corrected chi connectivity index (χ4v) is 4.53. The first-order valence-corrected chi connectivity index (χ1v) is 7.20. The molecule has 2 rings (SSSR count). The molecule has 2 aliphatic carbocycles. The first-order valence-electron chi connectivity index (χ1n) is 7.20. The molecular formula is C15H26O2. The second kappa shape index (κ2) is 5.09. The van der Waals surface area contributed by atoms with Crippen LogP contribution in [0.3, 0.4) is 0 Å². The van der Waals surface area contributed by atoms with Crippen LogP contribution in [0.4, 0.5) is 0 Å². The Kier molecular flexibility index (Phi) is 3.92. The maximum atomic E-state index is 11.1. The molecule has 0 N–H and O–H groups in total. The standard InChI is InChI=1S/C15H26O2/c1-4-17-14-6-5-9-15(3)12(11(2)10-16)7-8-13(14)15/h10-14H,4-9H2,1-3H3. The van der Waals surface area contributed by atoms with E-state index in [0.717, 1.165) is 12.9 Å². The van der Waals surface area contributed by atoms with Crippen LogP contribution in [0.2, 0.25) is 0 Å². The van der Waals surface area contributed by atoms with Crippen LogP contribution in [0.1, 0.15) is 52.9 Å². The molecule has 98 valence electrons. The van der Waals surface area contributed by atoms with Crippen molar-refractivity contribution in [2.75, 3.05) is 6.61 Å². The highest BCUT2D eigenvalue weighted by Gasteiger charge is 2.52. The van der Waals surface area contributed by atoms with Gasteiger partial charge >= 0.3 is 0 Å². The number of carbonyl (C=O) groups is 1. The van der Waals surface area contributed by atoms with Gasteiger partial charge in [0.2, 0.25) is 0 Å². The summed E-state index contributed by atoms with van der Waals surface area (Å²) in [5, 5.41) is 0. The molecule has 5 atom stereocenters. The van der Waals surface area contributed by atoms with E-state index in [1.807, 2.05) is 0 Å². The van der Waals surface area contributed by atoms with Gasteiger partial charge < -0.3 is 9.53 Å². The van der Waals surface area contributed by atoms with Gasteiger partial charge in [0.25, 0.3) is 0 Å². The van der Waals surface area contributed by atoms with Gasteiger partial charge in [-0.15, -0.1) is 0 Å². The number of hydrogen-bond acceptors (Lipinski definition) is 2. The number of rotatable bonds is 4. The van der Waals surface area contributed by atoms with Crippen molar-refractivity contribution in [2.24, 2.45) is 23.2 Å². The minimum Gasteiger partial charge on any atom is -0.378 e. The molecule has 2 saturated carbocycles. The number of hydrogen-bond donors (Lipinski definition) is 0. The van der Waals surface area contributed by atoms with Crippen molar-refractivity contribution in [1.82, 2.24) is 0 Å². The van der Waals surface area contributed by atoms with Crippen LogP contribution in [0, 0.1) is 23.2 Å². The van der Waals surface area contributed by atoms with Gasteiger partial charge in [-0.3, -0.25) is 0 Å². The third-order valence-electron chi connectivity index (χ3n) is 5.37. The molecule has 2 fully saturated rings. The van der Waals surface area contributed by atoms with E-state index in [9.17, 15) is 4.79 Å². The Morgan fingerprint density at radius 2 is 2.18 bits per heavy atom. The second-order valence-electron chi connectivity index (χ2n) is 6.18. The van der Waals surface area contributed by atoms with Gasteiger partial charge in [-0.05, 0) is 49.9 Å². The minimum absolute atomic E-state index is 0.213. The topological polar surface area (TPSA) is 26.3 Å². The highest BCUT2D eigenvalue weighted by molar-refractivity contribution is 5.53. The largest absolute Gasteiger partial charge is 0.378 e. The van der Waals surface area contributed by atoms with Gasteiger partial charge in [0.15, 0.2) is 0 Å². The predicted octanol–water partition coefficient (Wildman–Crippen LogP) is 3.44. The van der Waals surface area contributed by atoms with Gasteiger partial charge in [-0.1, -0.05) is 20.3 Å². The van der Waals surface area contributed by atoms with Crippen molar-refractivity contribution in [3.05, 3.63) is 0 Å². The summed E-state index contributed by atoms with van der Waals surface area (Å²) in [6.07, 6.45) is 7.83. The van der Waals surface area contributed by atoms with Crippen LogP contribution < -0.4 is 0 Å². The van der Waals surface area contributed by atoms with Crippen molar-refractivity contribution in [2.45, 2.75) is 59.0 Å². The lowest BCUT2D eigenvalue weighted by molar-refractivity contribution is -0.115. The van der Waals surface area contributed by atoms with Crippen molar-refractivity contribution >= 4 is 6.29 Å². The second-order valence-corrected chi connectivity index (χ2v) is 6.18. The highest BCUT2D eigenvalue weighted by atomic mass is 16.5. The maximum absolute atomic E-state index is 11.1. The third-order valence-corrected chi connectivity index (χ3v) is 5.37. The molecule has 2 nitrogen and oxygen atoms in total. The Morgan fingerprint density at radius 1 is 1.41 bits per heavy atom. The number of carbonyl (C=O) groups excluding carboxylic acids is 1. The van der Waals surface area contributed by atoms with E-state index < -0.39 is 0 Å². The average molecular weight is 238 g/mol. The molecule has 0 bridgehead atoms. The molecule has 0 aliphatic heterocycles. The normalized spacial score (nSPS) is 43.1. The molecule has 2 aliphatic rings. The zero-order chi connectivity index (χ0) is 12.5. The molecular weight excluding hydrogens is 212 g/mol. The Labute approximate surface area is 105 Å². The maximum Gasteiger partial charge on any atom is 0.123 e. The molecule has 0 spiro atoms. The van der Waals surface area contributed by atoms with E-state index in [1.54, 1.807) is 0 Å². The molecule has 0 amide bonds. The summed E-state index contributed by atoms with van der Waals surface area (Å²) in [7, 11) is 0. The van der Waals surface area contributed by atoms with Gasteiger partial charge in [0.05, 0.1) is 6.10 Å². The van der Waals surface area contributed by atoms with Crippen LogP contribution in [-0.2, 0) is 9.53 Å². The molecule has 0 aromatic heterocycles. The molecule has 17 heavy (non-hydrogen) atoms. The van der Waals surface area contributed by atoms with Crippen molar-refractivity contribution in [3.63, 3.8) is 0 Å². The summed E-state index contributed by atoms with van der Waals surface area (Å²) >= 11 is 0. The average Bonchev–Trinajstić information content (AvgIpc) is 2.67. The minimum atomic E-state index is 0.213. The van der Waals surface area contributed by atoms with Crippen molar-refractivity contribution in [3.8, 4) is 0 Å². The SMILES string of the molecule is CCOC1CCCC2(C)C(C(C)C=O)CCC12. The summed E-state index contributed by atoms with van der Waals surface area (Å²) in [4.78, 5) is 11.1. The Balaban J connectivity index is 2.16. The van der Waals surface area contributed by atoms with Gasteiger partial charge in [-0.25, -0.2) is 0 Å². The Hall–Kier alpha value is -0.370. The van der Waals surface area contributed by atoms with Gasteiger partial charge in [0, 0.05) is 12.5 Å². The van der Waals surface area contributed by atoms with Gasteiger partial charge in [-0.2, -0.15) is 0 Å². The summed E-state index contributed by atoms with van der Waals surface area (Å²) in [5.74, 6) is 1.47. The van der Waals surface area contributed by atoms with Crippen LogP contribution in [0.25, 0.3) is 0 Å². The van der Waals surface area contributed by atoms with Crippen LogP contribution >= 0.6 is 0 Å². The van der Waals surface area contributed by atoms with Crippen molar-refractivity contribution < 1.29 is 9.53 Å². The number of fused-ring (bicyclic) bond motifs is 1. The zero-order valence-corrected chi connectivity index (χ0v) is 11.4. The predicted molar refractivity (Wildman–Crippen MR) is 68.8 cm³/mol. The van der Waals surface area contributed by atoms with Gasteiger partial charge in [0.1, 0.15) is 6.29 Å². The third kappa shape index (κ3) is 2.16. The van der Waals surface area contributed by atoms with Crippen molar-refractivity contribution in [1.29, 1.82) is 0 Å². The van der Waals surface area contributed by atoms with E-state index in [-0.39, 0.29) is 5.92 Å². The smallest absolute Gasteiger partial charge is 0.123 e. The Morgan fingerprint density at radius 3 is 2.82 bits per heavy atom. The molecule has 5 unspecified atom stereocenters. The highest BCUT2D eigenvalue weighted by Crippen LogP contribution is 2.57. The molecule has 2 heteroatoms. The number of ether oxygens (including phenoxy) is 1. The molecule has 0 radical (unpaired) electrons. The fourth-order valence-electron chi connectivity index (χ4n) is 4.53. The molecule has 0 aromatic rings. The first-order chi connectivity index (χ1) is 8.13. The molecule has 0 aromatic carbocycles. The monoisotopic (exact) mass is 238 g/mol. The summed E-state index contributed by atoms with van der Waals surface area (Å²) in [6, 6.07) is 0. The number of aldehydes is 1. The summed E-state index contributed by atoms with van der Waals surface area (Å²) < 4.78 is 5.94. The lowest BCUT2D eigenvalue weighted by atomic mass is 9.62. The zero-order valence-electron chi connectivity index (χ0n) is 11.4. The first kappa shape index (κ1) is 13.1. The van der Waals surface area contributed by atoms with E-state index in [2.05, 4.69) is 20.8 Å². The van der Waals surface area contributed by atoms with E-state index >= 15 is 0 Å². The fraction of sp³-hybridized carbons (Fsp3) is 0.933.